The maximum absolute atomic E-state index is 13.8. The van der Waals surface area contributed by atoms with E-state index in [4.69, 9.17) is 5.26 Å². The van der Waals surface area contributed by atoms with Crippen LogP contribution in [0.3, 0.4) is 0 Å². The molecular weight excluding hydrogens is 810 g/mol. The fourth-order valence-electron chi connectivity index (χ4n) is 6.94. The summed E-state index contributed by atoms with van der Waals surface area (Å²) in [6, 6.07) is 5.23. The van der Waals surface area contributed by atoms with Crippen LogP contribution in [0.15, 0.2) is 30.5 Å². The second kappa shape index (κ2) is 22.3. The number of nitriles is 1. The molecule has 2 atom stereocenters. The summed E-state index contributed by atoms with van der Waals surface area (Å²) in [5.41, 5.74) is 0.515. The third kappa shape index (κ3) is 14.7. The second-order valence-electron chi connectivity index (χ2n) is 14.5. The number of aliphatic carboxylic acids is 3. The lowest BCUT2D eigenvalue weighted by Gasteiger charge is -2.30. The molecule has 2 fully saturated rings. The smallest absolute Gasteiger partial charge is 0.320 e. The van der Waals surface area contributed by atoms with Gasteiger partial charge in [-0.2, -0.15) is 5.26 Å². The zero-order valence-electron chi connectivity index (χ0n) is 33.1. The number of rotatable bonds is 19. The van der Waals surface area contributed by atoms with Gasteiger partial charge in [-0.1, -0.05) is 12.1 Å². The molecule has 3 heterocycles. The maximum Gasteiger partial charge on any atom is 0.320 e. The van der Waals surface area contributed by atoms with Gasteiger partial charge in [0, 0.05) is 89.6 Å². The number of hydrogen-bond donors (Lipinski definition) is 7. The molecule has 23 heteroatoms. The first-order valence-electron chi connectivity index (χ1n) is 19.4. The Bertz CT molecular complexity index is 1990. The highest BCUT2D eigenvalue weighted by Gasteiger charge is 2.47. The summed E-state index contributed by atoms with van der Waals surface area (Å²) in [6.45, 7) is -0.783. The number of nitrogens with zero attached hydrogens (tertiary/aromatic N) is 6. The first kappa shape index (κ1) is 47.3. The minimum atomic E-state index is -3.21. The number of pyridine rings is 1. The number of likely N-dealkylation sites (tertiary alicyclic amines) is 1. The number of para-hydroxylation sites is 1. The van der Waals surface area contributed by atoms with Crippen molar-refractivity contribution in [2.75, 3.05) is 83.9 Å². The Morgan fingerprint density at radius 1 is 0.820 bits per heavy atom. The highest BCUT2D eigenvalue weighted by atomic mass is 19.3. The molecule has 1 aromatic carbocycles. The number of hydrogen-bond acceptors (Lipinski definition) is 13. The molecule has 0 spiro atoms. The largest absolute Gasteiger partial charge is 0.480 e. The van der Waals surface area contributed by atoms with Gasteiger partial charge in [-0.25, -0.2) is 8.78 Å². The number of anilines is 1. The van der Waals surface area contributed by atoms with Gasteiger partial charge < -0.3 is 41.5 Å². The Morgan fingerprint density at radius 3 is 2.00 bits per heavy atom. The molecule has 2 aliphatic heterocycles. The minimum Gasteiger partial charge on any atom is -0.480 e. The number of nitrogens with one attached hydrogen (secondary N) is 4. The van der Waals surface area contributed by atoms with Crippen LogP contribution < -0.4 is 21.3 Å². The van der Waals surface area contributed by atoms with Crippen molar-refractivity contribution in [2.24, 2.45) is 0 Å². The Labute approximate surface area is 348 Å². The summed E-state index contributed by atoms with van der Waals surface area (Å²) in [7, 11) is 0. The van der Waals surface area contributed by atoms with E-state index in [2.05, 4.69) is 26.3 Å². The van der Waals surface area contributed by atoms with Gasteiger partial charge in [0.05, 0.1) is 49.0 Å². The van der Waals surface area contributed by atoms with Crippen LogP contribution in [-0.2, 0) is 33.6 Å². The van der Waals surface area contributed by atoms with E-state index in [0.717, 1.165) is 4.90 Å². The summed E-state index contributed by atoms with van der Waals surface area (Å²) in [5.74, 6) is -9.66. The molecule has 4 rings (SSSR count). The normalized spacial score (nSPS) is 17.8. The van der Waals surface area contributed by atoms with E-state index in [1.807, 2.05) is 0 Å². The number of carboxylic acids is 3. The van der Waals surface area contributed by atoms with Gasteiger partial charge in [0.25, 0.3) is 11.8 Å². The van der Waals surface area contributed by atoms with Crippen molar-refractivity contribution >= 4 is 64.0 Å². The van der Waals surface area contributed by atoms with Crippen LogP contribution in [0.4, 0.5) is 14.5 Å². The summed E-state index contributed by atoms with van der Waals surface area (Å²) in [4.78, 5) is 108. The average molecular weight is 859 g/mol. The van der Waals surface area contributed by atoms with E-state index in [1.54, 1.807) is 32.9 Å². The van der Waals surface area contributed by atoms with Crippen molar-refractivity contribution in [3.05, 3.63) is 36.0 Å². The van der Waals surface area contributed by atoms with E-state index < -0.39 is 85.0 Å². The number of carbonyl (C=O) groups is 8. The molecule has 5 amide bonds. The molecule has 61 heavy (non-hydrogen) atoms. The summed E-state index contributed by atoms with van der Waals surface area (Å²) in [6.07, 6.45) is -0.226. The minimum absolute atomic E-state index is 0.00654. The average Bonchev–Trinajstić information content (AvgIpc) is 3.57. The molecule has 1 aromatic heterocycles. The molecule has 2 unspecified atom stereocenters. The van der Waals surface area contributed by atoms with Crippen molar-refractivity contribution < 1.29 is 62.5 Å². The van der Waals surface area contributed by atoms with Crippen LogP contribution in [0, 0.1) is 11.3 Å². The van der Waals surface area contributed by atoms with Crippen molar-refractivity contribution in [3.63, 3.8) is 0 Å². The van der Waals surface area contributed by atoms with Gasteiger partial charge in [0.2, 0.25) is 23.6 Å². The van der Waals surface area contributed by atoms with Gasteiger partial charge in [0.1, 0.15) is 12.1 Å². The third-order valence-corrected chi connectivity index (χ3v) is 10.0. The van der Waals surface area contributed by atoms with Gasteiger partial charge in [0.15, 0.2) is 0 Å². The molecule has 2 aromatic rings. The number of alkyl halides is 2. The molecule has 2 aliphatic rings. The number of benzene rings is 1. The zero-order valence-corrected chi connectivity index (χ0v) is 33.1. The predicted octanol–water partition coefficient (Wildman–Crippen LogP) is -1.00. The van der Waals surface area contributed by atoms with Crippen molar-refractivity contribution in [2.45, 2.75) is 50.1 Å². The molecule has 0 bridgehead atoms. The van der Waals surface area contributed by atoms with Gasteiger partial charge in [-0.15, -0.1) is 0 Å². The van der Waals surface area contributed by atoms with E-state index in [-0.39, 0.29) is 108 Å². The number of carbonyl (C=O) groups excluding carboxylic acids is 5. The molecule has 0 saturated carbocycles. The Balaban J connectivity index is 1.20. The highest BCUT2D eigenvalue weighted by Crippen LogP contribution is 2.31. The maximum atomic E-state index is 13.8. The third-order valence-electron chi connectivity index (χ3n) is 10.0. The fraction of sp³-hybridized carbons (Fsp3) is 0.526. The van der Waals surface area contributed by atoms with Crippen LogP contribution in [0.2, 0.25) is 0 Å². The Morgan fingerprint density at radius 2 is 1.41 bits per heavy atom. The van der Waals surface area contributed by atoms with Gasteiger partial charge in [-0.05, 0) is 18.6 Å². The first-order valence-corrected chi connectivity index (χ1v) is 19.4. The van der Waals surface area contributed by atoms with Crippen molar-refractivity contribution in [3.8, 4) is 6.07 Å². The van der Waals surface area contributed by atoms with E-state index >= 15 is 0 Å². The topological polar surface area (TPSA) is 295 Å². The number of carboxylic acid groups (broad SMARTS) is 3. The lowest BCUT2D eigenvalue weighted by Crippen LogP contribution is -2.47. The molecular formula is C38H48F2N10O11. The standard InChI is InChI=1S/C38H48F2N10O11/c39-38(40)18-24(19-41)50(23-38)32(54)20-45-36(59)26-8-9-44-35-25(26)2-1-3-27(35)46-31(53)7-6-30(52)43-11-10-42-29(51)5-4-28(37(60)61)49-16-14-47(21-33(55)56)12-13-48(15-17-49)22-34(57)58/h1-3,8-9,24,28H,4-7,10-18,20-23H2,(H,42,51)(H,43,52)(H,45,59)(H,46,53)(H,55,56)(H,57,58)(H,60,61). The van der Waals surface area contributed by atoms with E-state index in [0.29, 0.717) is 5.39 Å². The fourth-order valence-corrected chi connectivity index (χ4v) is 6.94. The SMILES string of the molecule is N#CC1CC(F)(F)CN1C(=O)CNC(=O)c1ccnc2c(NC(=O)CCC(=O)NCCNC(=O)CCC(C(=O)O)N3CCN(CC(=O)O)CCN(CC(=O)O)CC3)cccc12. The summed E-state index contributed by atoms with van der Waals surface area (Å²) >= 11 is 0. The van der Waals surface area contributed by atoms with Gasteiger partial charge in [-0.3, -0.25) is 58.0 Å². The first-order chi connectivity index (χ1) is 29.0. The van der Waals surface area contributed by atoms with Crippen LogP contribution in [-0.4, -0.2) is 184 Å². The second-order valence-corrected chi connectivity index (χ2v) is 14.5. The quantitative estimate of drug-likeness (QED) is 0.0834. The lowest BCUT2D eigenvalue weighted by atomic mass is 10.1. The Kier molecular flexibility index (Phi) is 17.3. The van der Waals surface area contributed by atoms with Crippen molar-refractivity contribution in [1.29, 1.82) is 5.26 Å². The predicted molar refractivity (Wildman–Crippen MR) is 209 cm³/mol. The van der Waals surface area contributed by atoms with E-state index in [9.17, 15) is 62.5 Å². The lowest BCUT2D eigenvalue weighted by molar-refractivity contribution is -0.145. The van der Waals surface area contributed by atoms with Gasteiger partial charge >= 0.3 is 17.9 Å². The molecule has 21 nitrogen and oxygen atoms in total. The van der Waals surface area contributed by atoms with Crippen molar-refractivity contribution in [1.82, 2.24) is 40.5 Å². The zero-order chi connectivity index (χ0) is 44.7. The molecule has 2 saturated heterocycles. The van der Waals surface area contributed by atoms with E-state index in [1.165, 1.54) is 18.3 Å². The molecule has 7 N–H and O–H groups in total. The monoisotopic (exact) mass is 858 g/mol. The van der Waals surface area contributed by atoms with Crippen LogP contribution >= 0.6 is 0 Å². The van der Waals surface area contributed by atoms with Crippen LogP contribution in [0.5, 0.6) is 0 Å². The summed E-state index contributed by atoms with van der Waals surface area (Å²) in [5, 5.41) is 48.2. The summed E-state index contributed by atoms with van der Waals surface area (Å²) < 4.78 is 27.5. The molecule has 0 radical (unpaired) electrons. The highest BCUT2D eigenvalue weighted by molar-refractivity contribution is 6.10. The number of fused-ring (bicyclic) bond motifs is 1. The Hall–Kier alpha value is -6.38. The van der Waals surface area contributed by atoms with Crippen LogP contribution in [0.1, 0.15) is 42.5 Å². The number of halogens is 2. The molecule has 330 valence electrons. The van der Waals surface area contributed by atoms with Crippen LogP contribution in [0.25, 0.3) is 10.9 Å². The number of amides is 5. The number of aromatic nitrogens is 1. The molecule has 0 aliphatic carbocycles.